The lowest BCUT2D eigenvalue weighted by molar-refractivity contribution is -0.139. The van der Waals surface area contributed by atoms with Gasteiger partial charge in [0.15, 0.2) is 0 Å². The molecular weight excluding hydrogens is 357 g/mol. The van der Waals surface area contributed by atoms with Gasteiger partial charge in [-0.3, -0.25) is 14.5 Å². The molecule has 0 radical (unpaired) electrons. The molecule has 2 fully saturated rings. The molecule has 2 aliphatic rings. The number of hydrogen-bond donors (Lipinski definition) is 1. The largest absolute Gasteiger partial charge is 0.353 e. The van der Waals surface area contributed by atoms with Crippen molar-refractivity contribution in [2.45, 2.75) is 44.7 Å². The molecule has 26 heavy (non-hydrogen) atoms. The highest BCUT2D eigenvalue weighted by atomic mass is 35.5. The van der Waals surface area contributed by atoms with E-state index in [-0.39, 0.29) is 23.3 Å². The minimum Gasteiger partial charge on any atom is -0.353 e. The number of likely N-dealkylation sites (tertiary alicyclic amines) is 1. The van der Waals surface area contributed by atoms with Gasteiger partial charge in [-0.1, -0.05) is 30.5 Å². The first kappa shape index (κ1) is 19.1. The van der Waals surface area contributed by atoms with E-state index in [2.05, 4.69) is 5.32 Å². The van der Waals surface area contributed by atoms with E-state index in [0.29, 0.717) is 19.6 Å². The van der Waals surface area contributed by atoms with Gasteiger partial charge in [-0.2, -0.15) is 0 Å². The summed E-state index contributed by atoms with van der Waals surface area (Å²) in [5.41, 5.74) is 0.744. The SMILES string of the molecule is O=C1NCCN(Cc2ccc(Cl)c(F)c2)C1CC(=O)N1CCCCCC1. The summed E-state index contributed by atoms with van der Waals surface area (Å²) in [5, 5.41) is 2.92. The van der Waals surface area contributed by atoms with Crippen molar-refractivity contribution in [1.29, 1.82) is 0 Å². The Labute approximate surface area is 158 Å². The van der Waals surface area contributed by atoms with Crippen LogP contribution in [-0.2, 0) is 16.1 Å². The van der Waals surface area contributed by atoms with Crippen LogP contribution in [0, 0.1) is 5.82 Å². The monoisotopic (exact) mass is 381 g/mol. The zero-order valence-electron chi connectivity index (χ0n) is 14.8. The average Bonchev–Trinajstić information content (AvgIpc) is 2.90. The third kappa shape index (κ3) is 4.74. The van der Waals surface area contributed by atoms with E-state index in [1.54, 1.807) is 6.07 Å². The van der Waals surface area contributed by atoms with Crippen molar-refractivity contribution in [2.24, 2.45) is 0 Å². The van der Waals surface area contributed by atoms with Gasteiger partial charge in [-0.15, -0.1) is 0 Å². The van der Waals surface area contributed by atoms with Crippen molar-refractivity contribution in [1.82, 2.24) is 15.1 Å². The zero-order chi connectivity index (χ0) is 18.5. The Morgan fingerprint density at radius 2 is 1.92 bits per heavy atom. The van der Waals surface area contributed by atoms with E-state index >= 15 is 0 Å². The summed E-state index contributed by atoms with van der Waals surface area (Å²) in [7, 11) is 0. The van der Waals surface area contributed by atoms with Crippen molar-refractivity contribution in [3.63, 3.8) is 0 Å². The number of rotatable bonds is 4. The van der Waals surface area contributed by atoms with Crippen molar-refractivity contribution >= 4 is 23.4 Å². The second-order valence-corrected chi connectivity index (χ2v) is 7.43. The Morgan fingerprint density at radius 1 is 1.19 bits per heavy atom. The molecule has 0 aliphatic carbocycles. The van der Waals surface area contributed by atoms with Crippen LogP contribution >= 0.6 is 11.6 Å². The van der Waals surface area contributed by atoms with Crippen LogP contribution in [0.25, 0.3) is 0 Å². The Bertz CT molecular complexity index is 662. The number of halogens is 2. The number of carbonyl (C=O) groups is 2. The molecule has 5 nitrogen and oxygen atoms in total. The third-order valence-corrected chi connectivity index (χ3v) is 5.44. The Morgan fingerprint density at radius 3 is 2.62 bits per heavy atom. The third-order valence-electron chi connectivity index (χ3n) is 5.14. The predicted octanol–water partition coefficient (Wildman–Crippen LogP) is 2.57. The fraction of sp³-hybridized carbons (Fsp3) is 0.579. The summed E-state index contributed by atoms with van der Waals surface area (Å²) in [6.07, 6.45) is 4.53. The summed E-state index contributed by atoms with van der Waals surface area (Å²) in [4.78, 5) is 28.9. The highest BCUT2D eigenvalue weighted by Gasteiger charge is 2.33. The van der Waals surface area contributed by atoms with Gasteiger partial charge < -0.3 is 10.2 Å². The molecule has 0 bridgehead atoms. The fourth-order valence-corrected chi connectivity index (χ4v) is 3.78. The van der Waals surface area contributed by atoms with E-state index < -0.39 is 11.9 Å². The summed E-state index contributed by atoms with van der Waals surface area (Å²) in [6.45, 7) is 3.13. The van der Waals surface area contributed by atoms with Crippen molar-refractivity contribution in [3.8, 4) is 0 Å². The van der Waals surface area contributed by atoms with Crippen LogP contribution in [0.15, 0.2) is 18.2 Å². The van der Waals surface area contributed by atoms with E-state index in [1.807, 2.05) is 9.80 Å². The van der Waals surface area contributed by atoms with Gasteiger partial charge in [0.1, 0.15) is 5.82 Å². The fourth-order valence-electron chi connectivity index (χ4n) is 3.66. The Balaban J connectivity index is 1.68. The first-order valence-corrected chi connectivity index (χ1v) is 9.66. The molecule has 0 saturated carbocycles. The number of nitrogens with zero attached hydrogens (tertiary/aromatic N) is 2. The maximum Gasteiger partial charge on any atom is 0.237 e. The van der Waals surface area contributed by atoms with E-state index in [0.717, 1.165) is 44.3 Å². The highest BCUT2D eigenvalue weighted by Crippen LogP contribution is 2.20. The summed E-state index contributed by atoms with van der Waals surface area (Å²) in [5.74, 6) is -0.571. The van der Waals surface area contributed by atoms with Gasteiger partial charge in [0.2, 0.25) is 11.8 Å². The smallest absolute Gasteiger partial charge is 0.237 e. The second kappa shape index (κ2) is 8.82. The van der Waals surface area contributed by atoms with Gasteiger partial charge in [0.05, 0.1) is 17.5 Å². The molecule has 1 unspecified atom stereocenters. The van der Waals surface area contributed by atoms with Crippen molar-refractivity contribution in [3.05, 3.63) is 34.6 Å². The Hall–Kier alpha value is -1.66. The summed E-state index contributed by atoms with van der Waals surface area (Å²) >= 11 is 5.74. The number of benzene rings is 1. The van der Waals surface area contributed by atoms with E-state index in [9.17, 15) is 14.0 Å². The molecule has 1 atom stereocenters. The normalized spacial score (nSPS) is 22.0. The molecule has 2 aliphatic heterocycles. The number of amides is 2. The van der Waals surface area contributed by atoms with Crippen molar-refractivity contribution < 1.29 is 14.0 Å². The zero-order valence-corrected chi connectivity index (χ0v) is 15.6. The van der Waals surface area contributed by atoms with E-state index in [4.69, 9.17) is 11.6 Å². The lowest BCUT2D eigenvalue weighted by atomic mass is 10.1. The van der Waals surface area contributed by atoms with Gasteiger partial charge >= 0.3 is 0 Å². The van der Waals surface area contributed by atoms with Gasteiger partial charge in [-0.05, 0) is 30.5 Å². The summed E-state index contributed by atoms with van der Waals surface area (Å²) in [6, 6.07) is 4.15. The molecule has 7 heteroatoms. The number of piperazine rings is 1. The minimum atomic E-state index is -0.516. The molecule has 1 aromatic carbocycles. The number of carbonyl (C=O) groups excluding carboxylic acids is 2. The van der Waals surface area contributed by atoms with Crippen LogP contribution in [0.5, 0.6) is 0 Å². The lowest BCUT2D eigenvalue weighted by Crippen LogP contribution is -2.56. The Kier molecular flexibility index (Phi) is 6.48. The number of nitrogens with one attached hydrogen (secondary N) is 1. The maximum atomic E-state index is 13.7. The van der Waals surface area contributed by atoms with Crippen LogP contribution < -0.4 is 5.32 Å². The second-order valence-electron chi connectivity index (χ2n) is 7.02. The highest BCUT2D eigenvalue weighted by molar-refractivity contribution is 6.30. The van der Waals surface area contributed by atoms with E-state index in [1.165, 1.54) is 12.1 Å². The first-order valence-electron chi connectivity index (χ1n) is 9.28. The van der Waals surface area contributed by atoms with Gasteiger partial charge in [0, 0.05) is 32.7 Å². The molecule has 3 rings (SSSR count). The molecular formula is C19H25ClFN3O2. The van der Waals surface area contributed by atoms with Gasteiger partial charge in [-0.25, -0.2) is 4.39 Å². The standard InChI is InChI=1S/C19H25ClFN3O2/c20-15-6-5-14(11-16(15)21)13-24-10-7-22-19(26)17(24)12-18(25)23-8-3-1-2-4-9-23/h5-6,11,17H,1-4,7-10,12-13H2,(H,22,26). The molecule has 2 saturated heterocycles. The van der Waals surface area contributed by atoms with Crippen LogP contribution in [0.4, 0.5) is 4.39 Å². The maximum absolute atomic E-state index is 13.7. The van der Waals surface area contributed by atoms with Crippen LogP contribution in [0.1, 0.15) is 37.7 Å². The molecule has 2 heterocycles. The molecule has 0 aromatic heterocycles. The molecule has 0 spiro atoms. The van der Waals surface area contributed by atoms with Crippen LogP contribution in [0.2, 0.25) is 5.02 Å². The first-order chi connectivity index (χ1) is 12.5. The molecule has 1 N–H and O–H groups in total. The average molecular weight is 382 g/mol. The van der Waals surface area contributed by atoms with Crippen molar-refractivity contribution in [2.75, 3.05) is 26.2 Å². The van der Waals surface area contributed by atoms with Crippen LogP contribution in [0.3, 0.4) is 0 Å². The number of hydrogen-bond acceptors (Lipinski definition) is 3. The molecule has 2 amide bonds. The topological polar surface area (TPSA) is 52.7 Å². The minimum absolute atomic E-state index is 0.0289. The van der Waals surface area contributed by atoms with Gasteiger partial charge in [0.25, 0.3) is 0 Å². The molecule has 1 aromatic rings. The quantitative estimate of drug-likeness (QED) is 0.872. The van der Waals surface area contributed by atoms with Crippen LogP contribution in [-0.4, -0.2) is 53.8 Å². The molecule has 142 valence electrons. The predicted molar refractivity (Wildman–Crippen MR) is 98.3 cm³/mol. The summed E-state index contributed by atoms with van der Waals surface area (Å²) < 4.78 is 13.7. The lowest BCUT2D eigenvalue weighted by Gasteiger charge is -2.35.